The van der Waals surface area contributed by atoms with Crippen LogP contribution in [-0.4, -0.2) is 34.5 Å². The Labute approximate surface area is 119 Å². The van der Waals surface area contributed by atoms with Gasteiger partial charge in [0.2, 0.25) is 0 Å². The predicted molar refractivity (Wildman–Crippen MR) is 83.4 cm³/mol. The Bertz CT molecular complexity index is 360. The van der Waals surface area contributed by atoms with Crippen LogP contribution in [0.5, 0.6) is 0 Å². The molecule has 0 saturated carbocycles. The average molecular weight is 284 g/mol. The van der Waals surface area contributed by atoms with E-state index in [2.05, 4.69) is 54.3 Å². The van der Waals surface area contributed by atoms with E-state index in [1.54, 1.807) is 11.3 Å². The van der Waals surface area contributed by atoms with Crippen molar-refractivity contribution in [2.24, 2.45) is 5.73 Å². The lowest BCUT2D eigenvalue weighted by Crippen LogP contribution is -2.40. The summed E-state index contributed by atoms with van der Waals surface area (Å²) in [6.45, 7) is 9.14. The van der Waals surface area contributed by atoms with Crippen molar-refractivity contribution in [3.05, 3.63) is 22.4 Å². The van der Waals surface area contributed by atoms with E-state index in [4.69, 9.17) is 5.73 Å². The standard InChI is InChI=1S/C14H24N2S2/c1-11(15)13(12-4-8-17-10-12)16-6-5-14(2,3)18-9-7-16/h4,8,10-11,13H,5-7,9,15H2,1-3H3. The molecule has 102 valence electrons. The van der Waals surface area contributed by atoms with E-state index in [1.165, 1.54) is 17.7 Å². The first-order chi connectivity index (χ1) is 8.49. The summed E-state index contributed by atoms with van der Waals surface area (Å²) < 4.78 is 0.409. The summed E-state index contributed by atoms with van der Waals surface area (Å²) in [5.41, 5.74) is 7.62. The Morgan fingerprint density at radius 3 is 2.78 bits per heavy atom. The number of rotatable bonds is 3. The topological polar surface area (TPSA) is 29.3 Å². The van der Waals surface area contributed by atoms with Gasteiger partial charge in [0.05, 0.1) is 6.04 Å². The number of thioether (sulfide) groups is 1. The van der Waals surface area contributed by atoms with E-state index in [0.29, 0.717) is 10.8 Å². The van der Waals surface area contributed by atoms with Gasteiger partial charge in [-0.1, -0.05) is 13.8 Å². The number of nitrogens with two attached hydrogens (primary N) is 1. The minimum atomic E-state index is 0.186. The summed E-state index contributed by atoms with van der Waals surface area (Å²) >= 11 is 3.86. The first kappa shape index (κ1) is 14.4. The molecular formula is C14H24N2S2. The normalized spacial score (nSPS) is 24.4. The van der Waals surface area contributed by atoms with Crippen molar-refractivity contribution in [1.82, 2.24) is 4.90 Å². The Balaban J connectivity index is 2.12. The van der Waals surface area contributed by atoms with Gasteiger partial charge in [-0.2, -0.15) is 23.1 Å². The zero-order valence-electron chi connectivity index (χ0n) is 11.6. The maximum atomic E-state index is 6.23. The minimum absolute atomic E-state index is 0.186. The molecule has 1 fully saturated rings. The SMILES string of the molecule is CC(N)C(c1ccsc1)N1CCSC(C)(C)CC1. The molecule has 1 aromatic rings. The number of thiophene rings is 1. The fraction of sp³-hybridized carbons (Fsp3) is 0.714. The molecule has 0 aliphatic carbocycles. The molecule has 2 nitrogen and oxygen atoms in total. The van der Waals surface area contributed by atoms with E-state index in [-0.39, 0.29) is 6.04 Å². The van der Waals surface area contributed by atoms with Crippen LogP contribution in [0.3, 0.4) is 0 Å². The van der Waals surface area contributed by atoms with Gasteiger partial charge in [0.15, 0.2) is 0 Å². The van der Waals surface area contributed by atoms with E-state index >= 15 is 0 Å². The molecule has 2 rings (SSSR count). The van der Waals surface area contributed by atoms with Crippen LogP contribution in [0.4, 0.5) is 0 Å². The van der Waals surface area contributed by atoms with Crippen LogP contribution < -0.4 is 5.73 Å². The molecule has 1 aromatic heterocycles. The second kappa shape index (κ2) is 5.95. The Morgan fingerprint density at radius 1 is 1.39 bits per heavy atom. The van der Waals surface area contributed by atoms with Crippen LogP contribution >= 0.6 is 23.1 Å². The quantitative estimate of drug-likeness (QED) is 0.923. The third-order valence-corrected chi connectivity index (χ3v) is 5.72. The molecule has 2 atom stereocenters. The van der Waals surface area contributed by atoms with Gasteiger partial charge in [-0.3, -0.25) is 4.90 Å². The van der Waals surface area contributed by atoms with Crippen LogP contribution in [0.25, 0.3) is 0 Å². The molecule has 0 spiro atoms. The molecule has 2 heterocycles. The Morgan fingerprint density at radius 2 is 2.17 bits per heavy atom. The average Bonchev–Trinajstić information content (AvgIpc) is 2.72. The van der Waals surface area contributed by atoms with Crippen molar-refractivity contribution in [3.63, 3.8) is 0 Å². The third-order valence-electron chi connectivity index (χ3n) is 3.65. The first-order valence-electron chi connectivity index (χ1n) is 6.65. The van der Waals surface area contributed by atoms with Gasteiger partial charge in [-0.25, -0.2) is 0 Å². The lowest BCUT2D eigenvalue weighted by atomic mass is 10.0. The maximum absolute atomic E-state index is 6.23. The summed E-state index contributed by atoms with van der Waals surface area (Å²) in [7, 11) is 0. The lowest BCUT2D eigenvalue weighted by molar-refractivity contribution is 0.185. The zero-order chi connectivity index (χ0) is 13.2. The lowest BCUT2D eigenvalue weighted by Gasteiger charge is -2.33. The van der Waals surface area contributed by atoms with Crippen LogP contribution in [0, 0.1) is 0 Å². The van der Waals surface area contributed by atoms with E-state index in [1.807, 2.05) is 0 Å². The van der Waals surface area contributed by atoms with Crippen LogP contribution in [0.1, 0.15) is 38.8 Å². The number of hydrogen-bond acceptors (Lipinski definition) is 4. The molecule has 2 unspecified atom stereocenters. The van der Waals surface area contributed by atoms with Crippen molar-refractivity contribution in [2.45, 2.75) is 44.0 Å². The maximum Gasteiger partial charge on any atom is 0.0505 e. The van der Waals surface area contributed by atoms with Crippen LogP contribution in [0.2, 0.25) is 0 Å². The van der Waals surface area contributed by atoms with Crippen molar-refractivity contribution in [1.29, 1.82) is 0 Å². The Hall–Kier alpha value is -0.0300. The van der Waals surface area contributed by atoms with Crippen molar-refractivity contribution in [3.8, 4) is 0 Å². The second-order valence-electron chi connectivity index (χ2n) is 5.75. The molecule has 2 N–H and O–H groups in total. The molecule has 1 saturated heterocycles. The summed E-state index contributed by atoms with van der Waals surface area (Å²) in [4.78, 5) is 2.58. The molecular weight excluding hydrogens is 260 g/mol. The fourth-order valence-corrected chi connectivity index (χ4v) is 4.41. The third kappa shape index (κ3) is 3.50. The van der Waals surface area contributed by atoms with Crippen LogP contribution in [0.15, 0.2) is 16.8 Å². The van der Waals surface area contributed by atoms with Crippen LogP contribution in [-0.2, 0) is 0 Å². The van der Waals surface area contributed by atoms with Gasteiger partial charge < -0.3 is 5.73 Å². The highest BCUT2D eigenvalue weighted by molar-refractivity contribution is 8.00. The first-order valence-corrected chi connectivity index (χ1v) is 8.58. The summed E-state index contributed by atoms with van der Waals surface area (Å²) in [6.07, 6.45) is 1.24. The predicted octanol–water partition coefficient (Wildman–Crippen LogP) is 3.35. The number of nitrogens with zero attached hydrogens (tertiary/aromatic N) is 1. The highest BCUT2D eigenvalue weighted by Crippen LogP contribution is 2.34. The second-order valence-corrected chi connectivity index (χ2v) is 8.34. The van der Waals surface area contributed by atoms with E-state index in [9.17, 15) is 0 Å². The largest absolute Gasteiger partial charge is 0.326 e. The molecule has 0 radical (unpaired) electrons. The highest BCUT2D eigenvalue weighted by atomic mass is 32.2. The van der Waals surface area contributed by atoms with Crippen molar-refractivity contribution >= 4 is 23.1 Å². The van der Waals surface area contributed by atoms with Gasteiger partial charge in [-0.05, 0) is 35.7 Å². The minimum Gasteiger partial charge on any atom is -0.326 e. The van der Waals surface area contributed by atoms with Gasteiger partial charge in [0.25, 0.3) is 0 Å². The molecule has 1 aliphatic heterocycles. The van der Waals surface area contributed by atoms with E-state index < -0.39 is 0 Å². The summed E-state index contributed by atoms with van der Waals surface area (Å²) in [5, 5.41) is 4.40. The smallest absolute Gasteiger partial charge is 0.0505 e. The molecule has 0 aromatic carbocycles. The summed E-state index contributed by atoms with van der Waals surface area (Å²) in [6, 6.07) is 2.79. The van der Waals surface area contributed by atoms with Gasteiger partial charge in [-0.15, -0.1) is 0 Å². The molecule has 4 heteroatoms. The fourth-order valence-electron chi connectivity index (χ4n) is 2.60. The van der Waals surface area contributed by atoms with Gasteiger partial charge in [0, 0.05) is 29.6 Å². The van der Waals surface area contributed by atoms with Gasteiger partial charge >= 0.3 is 0 Å². The Kier molecular flexibility index (Phi) is 4.75. The summed E-state index contributed by atoms with van der Waals surface area (Å²) in [5.74, 6) is 1.21. The van der Waals surface area contributed by atoms with Crippen molar-refractivity contribution < 1.29 is 0 Å². The van der Waals surface area contributed by atoms with Gasteiger partial charge in [0.1, 0.15) is 0 Å². The highest BCUT2D eigenvalue weighted by Gasteiger charge is 2.29. The number of hydrogen-bond donors (Lipinski definition) is 1. The molecule has 0 bridgehead atoms. The molecule has 0 amide bonds. The van der Waals surface area contributed by atoms with Crippen molar-refractivity contribution in [2.75, 3.05) is 18.8 Å². The monoisotopic (exact) mass is 284 g/mol. The van der Waals surface area contributed by atoms with E-state index in [0.717, 1.165) is 13.1 Å². The zero-order valence-corrected chi connectivity index (χ0v) is 13.2. The molecule has 1 aliphatic rings. The molecule has 18 heavy (non-hydrogen) atoms.